The van der Waals surface area contributed by atoms with Gasteiger partial charge < -0.3 is 4.42 Å². The molecule has 3 nitrogen and oxygen atoms in total. The third kappa shape index (κ3) is 2.17. The van der Waals surface area contributed by atoms with Crippen molar-refractivity contribution in [2.24, 2.45) is 0 Å². The fourth-order valence-corrected chi connectivity index (χ4v) is 2.07. The SMILES string of the molecule is Clc1cn(Cc2ccccc2)nc1-c1ccco1. The molecule has 0 saturated carbocycles. The molecular formula is C14H11ClN2O. The number of hydrogen-bond acceptors (Lipinski definition) is 2. The molecule has 90 valence electrons. The lowest BCUT2D eigenvalue weighted by molar-refractivity contribution is 0.576. The van der Waals surface area contributed by atoms with Crippen LogP contribution in [0.5, 0.6) is 0 Å². The van der Waals surface area contributed by atoms with Gasteiger partial charge in [-0.1, -0.05) is 41.9 Å². The Kier molecular flexibility index (Phi) is 2.90. The summed E-state index contributed by atoms with van der Waals surface area (Å²) >= 11 is 6.16. The third-order valence-electron chi connectivity index (χ3n) is 2.66. The number of aromatic nitrogens is 2. The van der Waals surface area contributed by atoms with E-state index in [2.05, 4.69) is 17.2 Å². The van der Waals surface area contributed by atoms with Crippen LogP contribution in [0.25, 0.3) is 11.5 Å². The molecule has 0 fully saturated rings. The van der Waals surface area contributed by atoms with Gasteiger partial charge in [-0.2, -0.15) is 5.10 Å². The molecule has 18 heavy (non-hydrogen) atoms. The molecule has 0 amide bonds. The molecule has 0 aliphatic rings. The van der Waals surface area contributed by atoms with E-state index in [1.807, 2.05) is 41.2 Å². The number of benzene rings is 1. The zero-order valence-corrected chi connectivity index (χ0v) is 10.3. The molecule has 0 aliphatic heterocycles. The number of halogens is 1. The minimum Gasteiger partial charge on any atom is -0.463 e. The van der Waals surface area contributed by atoms with E-state index < -0.39 is 0 Å². The van der Waals surface area contributed by atoms with Crippen molar-refractivity contribution in [3.05, 3.63) is 65.5 Å². The molecule has 0 spiro atoms. The second-order valence-electron chi connectivity index (χ2n) is 3.99. The van der Waals surface area contributed by atoms with E-state index >= 15 is 0 Å². The second-order valence-corrected chi connectivity index (χ2v) is 4.39. The van der Waals surface area contributed by atoms with Crippen LogP contribution in [0.4, 0.5) is 0 Å². The van der Waals surface area contributed by atoms with Crippen LogP contribution in [0.2, 0.25) is 5.02 Å². The van der Waals surface area contributed by atoms with Crippen LogP contribution in [0.1, 0.15) is 5.56 Å². The first kappa shape index (κ1) is 11.1. The molecule has 0 aliphatic carbocycles. The minimum absolute atomic E-state index is 0.598. The Labute approximate surface area is 110 Å². The standard InChI is InChI=1S/C14H11ClN2O/c15-12-10-17(9-11-5-2-1-3-6-11)16-14(12)13-7-4-8-18-13/h1-8,10H,9H2. The zero-order valence-electron chi connectivity index (χ0n) is 9.58. The van der Waals surface area contributed by atoms with Crippen molar-refractivity contribution in [1.82, 2.24) is 9.78 Å². The summed E-state index contributed by atoms with van der Waals surface area (Å²) in [5, 5.41) is 5.04. The highest BCUT2D eigenvalue weighted by Gasteiger charge is 2.11. The van der Waals surface area contributed by atoms with Crippen LogP contribution in [0.15, 0.2) is 59.3 Å². The highest BCUT2D eigenvalue weighted by Crippen LogP contribution is 2.26. The van der Waals surface area contributed by atoms with Crippen LogP contribution in [-0.4, -0.2) is 9.78 Å². The molecule has 2 aromatic heterocycles. The first-order chi connectivity index (χ1) is 8.83. The molecule has 0 saturated heterocycles. The highest BCUT2D eigenvalue weighted by atomic mass is 35.5. The Morgan fingerprint density at radius 1 is 1.11 bits per heavy atom. The molecule has 0 bridgehead atoms. The molecule has 3 aromatic rings. The molecule has 0 unspecified atom stereocenters. The van der Waals surface area contributed by atoms with Gasteiger partial charge in [-0.3, -0.25) is 4.68 Å². The Morgan fingerprint density at radius 3 is 2.67 bits per heavy atom. The second kappa shape index (κ2) is 4.70. The maximum atomic E-state index is 6.16. The molecule has 1 aromatic carbocycles. The molecule has 2 heterocycles. The van der Waals surface area contributed by atoms with E-state index in [1.165, 1.54) is 5.56 Å². The first-order valence-corrected chi connectivity index (χ1v) is 6.01. The summed E-state index contributed by atoms with van der Waals surface area (Å²) in [6.45, 7) is 0.696. The monoisotopic (exact) mass is 258 g/mol. The number of rotatable bonds is 3. The Balaban J connectivity index is 1.89. The van der Waals surface area contributed by atoms with E-state index in [1.54, 1.807) is 6.26 Å². The summed E-state index contributed by atoms with van der Waals surface area (Å²) in [6.07, 6.45) is 3.42. The molecule has 4 heteroatoms. The van der Waals surface area contributed by atoms with Crippen LogP contribution in [0.3, 0.4) is 0 Å². The van der Waals surface area contributed by atoms with Gasteiger partial charge in [0, 0.05) is 6.20 Å². The van der Waals surface area contributed by atoms with Gasteiger partial charge in [0.1, 0.15) is 5.69 Å². The summed E-state index contributed by atoms with van der Waals surface area (Å²) < 4.78 is 7.12. The summed E-state index contributed by atoms with van der Waals surface area (Å²) in [5.41, 5.74) is 1.86. The first-order valence-electron chi connectivity index (χ1n) is 5.64. The van der Waals surface area contributed by atoms with E-state index in [0.717, 1.165) is 0 Å². The van der Waals surface area contributed by atoms with Crippen molar-refractivity contribution in [1.29, 1.82) is 0 Å². The molecule has 3 rings (SSSR count). The van der Waals surface area contributed by atoms with Crippen LogP contribution < -0.4 is 0 Å². The number of hydrogen-bond donors (Lipinski definition) is 0. The van der Waals surface area contributed by atoms with Crippen molar-refractivity contribution in [3.63, 3.8) is 0 Å². The lowest BCUT2D eigenvalue weighted by Crippen LogP contribution is -1.99. The number of nitrogens with zero attached hydrogens (tertiary/aromatic N) is 2. The van der Waals surface area contributed by atoms with E-state index in [0.29, 0.717) is 23.0 Å². The lowest BCUT2D eigenvalue weighted by atomic mass is 10.2. The predicted molar refractivity (Wildman–Crippen MR) is 70.5 cm³/mol. The fourth-order valence-electron chi connectivity index (χ4n) is 1.83. The van der Waals surface area contributed by atoms with E-state index in [-0.39, 0.29) is 0 Å². The van der Waals surface area contributed by atoms with E-state index in [4.69, 9.17) is 16.0 Å². The van der Waals surface area contributed by atoms with Gasteiger partial charge >= 0.3 is 0 Å². The largest absolute Gasteiger partial charge is 0.463 e. The normalized spacial score (nSPS) is 10.7. The van der Waals surface area contributed by atoms with Gasteiger partial charge in [0.15, 0.2) is 5.76 Å². The van der Waals surface area contributed by atoms with Crippen molar-refractivity contribution in [3.8, 4) is 11.5 Å². The van der Waals surface area contributed by atoms with Crippen molar-refractivity contribution in [2.75, 3.05) is 0 Å². The highest BCUT2D eigenvalue weighted by molar-refractivity contribution is 6.32. The van der Waals surface area contributed by atoms with Gasteiger partial charge in [0.2, 0.25) is 0 Å². The molecular weight excluding hydrogens is 248 g/mol. The molecule has 0 N–H and O–H groups in total. The van der Waals surface area contributed by atoms with E-state index in [9.17, 15) is 0 Å². The van der Waals surface area contributed by atoms with Gasteiger partial charge in [-0.15, -0.1) is 0 Å². The minimum atomic E-state index is 0.598. The predicted octanol–water partition coefficient (Wildman–Crippen LogP) is 3.84. The van der Waals surface area contributed by atoms with Gasteiger partial charge in [0.25, 0.3) is 0 Å². The van der Waals surface area contributed by atoms with Gasteiger partial charge in [-0.25, -0.2) is 0 Å². The Morgan fingerprint density at radius 2 is 1.94 bits per heavy atom. The molecule has 0 radical (unpaired) electrons. The average molecular weight is 259 g/mol. The summed E-state index contributed by atoms with van der Waals surface area (Å²) in [4.78, 5) is 0. The lowest BCUT2D eigenvalue weighted by Gasteiger charge is -2.00. The fraction of sp³-hybridized carbons (Fsp3) is 0.0714. The average Bonchev–Trinajstić information content (AvgIpc) is 3.00. The quantitative estimate of drug-likeness (QED) is 0.715. The summed E-state index contributed by atoms with van der Waals surface area (Å²) in [6, 6.07) is 13.8. The maximum absolute atomic E-state index is 6.16. The van der Waals surface area contributed by atoms with Crippen molar-refractivity contribution >= 4 is 11.6 Å². The van der Waals surface area contributed by atoms with Crippen LogP contribution in [-0.2, 0) is 6.54 Å². The van der Waals surface area contributed by atoms with Crippen LogP contribution >= 0.6 is 11.6 Å². The Hall–Kier alpha value is -2.00. The summed E-state index contributed by atoms with van der Waals surface area (Å²) in [5.74, 6) is 0.687. The molecule has 0 atom stereocenters. The maximum Gasteiger partial charge on any atom is 0.155 e. The third-order valence-corrected chi connectivity index (χ3v) is 2.94. The Bertz CT molecular complexity index is 629. The summed E-state index contributed by atoms with van der Waals surface area (Å²) in [7, 11) is 0. The van der Waals surface area contributed by atoms with Crippen LogP contribution in [0, 0.1) is 0 Å². The van der Waals surface area contributed by atoms with Crippen molar-refractivity contribution in [2.45, 2.75) is 6.54 Å². The topological polar surface area (TPSA) is 31.0 Å². The number of furan rings is 1. The van der Waals surface area contributed by atoms with Gasteiger partial charge in [0.05, 0.1) is 17.8 Å². The van der Waals surface area contributed by atoms with Gasteiger partial charge in [-0.05, 0) is 17.7 Å². The smallest absolute Gasteiger partial charge is 0.155 e. The zero-order chi connectivity index (χ0) is 12.4. The van der Waals surface area contributed by atoms with Crippen molar-refractivity contribution < 1.29 is 4.42 Å².